The predicted octanol–water partition coefficient (Wildman–Crippen LogP) is 9.57. The van der Waals surface area contributed by atoms with Gasteiger partial charge in [-0.2, -0.15) is 10.4 Å². The highest BCUT2D eigenvalue weighted by molar-refractivity contribution is 6.11. The van der Waals surface area contributed by atoms with E-state index in [1.807, 2.05) is 68.6 Å². The van der Waals surface area contributed by atoms with E-state index in [9.17, 15) is 10.1 Å². The van der Waals surface area contributed by atoms with Gasteiger partial charge in [0, 0.05) is 30.6 Å². The number of pyridine rings is 1. The van der Waals surface area contributed by atoms with E-state index in [4.69, 9.17) is 4.74 Å². The number of amides is 2. The molecule has 2 aromatic heterocycles. The maximum Gasteiger partial charge on any atom is 0.334 e. The lowest BCUT2D eigenvalue weighted by molar-refractivity contribution is 0.251. The summed E-state index contributed by atoms with van der Waals surface area (Å²) in [6, 6.07) is 9.72. The highest BCUT2D eigenvalue weighted by Crippen LogP contribution is 2.42. The van der Waals surface area contributed by atoms with Gasteiger partial charge in [0.25, 0.3) is 0 Å². The van der Waals surface area contributed by atoms with Crippen LogP contribution >= 0.6 is 0 Å². The van der Waals surface area contributed by atoms with E-state index in [-0.39, 0.29) is 17.9 Å². The molecule has 0 saturated heterocycles. The molecule has 0 bridgehead atoms. The largest absolute Gasteiger partial charge is 0.494 e. The SMILES string of the molecule is CC.CC.CC.CCCc1cc(N2C(=O)N(c3c(F)c(C)cc(OC)c3F)Cc3cnc(-c4cn(C)nc4C)cc32)ccc1C#N. The van der Waals surface area contributed by atoms with Crippen molar-refractivity contribution in [2.24, 2.45) is 7.05 Å². The number of anilines is 3. The second-order valence-electron chi connectivity index (χ2n) is 9.78. The predicted molar refractivity (Wildman–Crippen MR) is 182 cm³/mol. The lowest BCUT2D eigenvalue weighted by Crippen LogP contribution is -2.46. The van der Waals surface area contributed by atoms with Crippen LogP contribution in [0.25, 0.3) is 11.3 Å². The molecular formula is C36H46F2N6O2. The summed E-state index contributed by atoms with van der Waals surface area (Å²) in [6.45, 7) is 17.3. The molecule has 0 unspecified atom stereocenters. The van der Waals surface area contributed by atoms with E-state index in [1.165, 1.54) is 25.0 Å². The van der Waals surface area contributed by atoms with Crippen LogP contribution in [0.4, 0.5) is 30.6 Å². The smallest absolute Gasteiger partial charge is 0.334 e. The quantitative estimate of drug-likeness (QED) is 0.211. The van der Waals surface area contributed by atoms with Crippen LogP contribution < -0.4 is 14.5 Å². The molecule has 2 aromatic carbocycles. The number of urea groups is 1. The number of ether oxygens (including phenoxy) is 1. The zero-order valence-electron chi connectivity index (χ0n) is 28.9. The second-order valence-corrected chi connectivity index (χ2v) is 9.78. The van der Waals surface area contributed by atoms with Crippen LogP contribution in [-0.2, 0) is 20.0 Å². The summed E-state index contributed by atoms with van der Waals surface area (Å²) < 4.78 is 37.8. The first-order chi connectivity index (χ1) is 22.2. The molecule has 5 rings (SSSR count). The zero-order valence-corrected chi connectivity index (χ0v) is 28.9. The third kappa shape index (κ3) is 7.36. The molecule has 246 valence electrons. The van der Waals surface area contributed by atoms with Crippen molar-refractivity contribution in [3.8, 4) is 23.1 Å². The molecule has 8 nitrogen and oxygen atoms in total. The minimum absolute atomic E-state index is 0.109. The maximum absolute atomic E-state index is 15.5. The molecule has 0 atom stereocenters. The Morgan fingerprint density at radius 3 is 2.26 bits per heavy atom. The number of nitrogens with zero attached hydrogens (tertiary/aromatic N) is 6. The Labute approximate surface area is 272 Å². The number of benzene rings is 2. The Morgan fingerprint density at radius 1 is 1.02 bits per heavy atom. The molecule has 1 aliphatic heterocycles. The fourth-order valence-electron chi connectivity index (χ4n) is 5.10. The minimum atomic E-state index is -0.968. The standard InChI is InChI=1S/C30H28F2N6O2.3C2H6/c1-6-7-19-11-22(9-8-20(19)13-33)38-25-12-24(23-16-36(4)35-18(23)3)34-14-21(25)15-37(30(38)39)29-27(31)17(2)10-26(40-5)28(29)32;3*1-2/h8-12,14,16H,6-7,15H2,1-5H3;3*1-2H3. The van der Waals surface area contributed by atoms with Gasteiger partial charge in [0.05, 0.1) is 48.0 Å². The summed E-state index contributed by atoms with van der Waals surface area (Å²) in [6.07, 6.45) is 4.88. The van der Waals surface area contributed by atoms with Crippen LogP contribution in [0.15, 0.2) is 42.7 Å². The van der Waals surface area contributed by atoms with Crippen molar-refractivity contribution < 1.29 is 18.3 Å². The summed E-state index contributed by atoms with van der Waals surface area (Å²) in [5, 5.41) is 14.0. The summed E-state index contributed by atoms with van der Waals surface area (Å²) >= 11 is 0. The number of nitriles is 1. The third-order valence-corrected chi connectivity index (χ3v) is 7.05. The van der Waals surface area contributed by atoms with Crippen molar-refractivity contribution in [2.45, 2.75) is 81.7 Å². The molecule has 0 N–H and O–H groups in total. The van der Waals surface area contributed by atoms with Gasteiger partial charge in [-0.3, -0.25) is 19.5 Å². The average Bonchev–Trinajstić information content (AvgIpc) is 3.43. The van der Waals surface area contributed by atoms with Crippen LogP contribution in [0.3, 0.4) is 0 Å². The highest BCUT2D eigenvalue weighted by atomic mass is 19.1. The molecule has 0 fully saturated rings. The van der Waals surface area contributed by atoms with Gasteiger partial charge >= 0.3 is 6.03 Å². The monoisotopic (exact) mass is 632 g/mol. The Kier molecular flexibility index (Phi) is 13.9. The van der Waals surface area contributed by atoms with Crippen LogP contribution in [0.2, 0.25) is 0 Å². The number of carbonyl (C=O) groups is 1. The normalized spacial score (nSPS) is 11.6. The number of aromatic nitrogens is 3. The van der Waals surface area contributed by atoms with E-state index in [0.717, 1.165) is 28.1 Å². The minimum Gasteiger partial charge on any atom is -0.494 e. The molecule has 0 spiro atoms. The highest BCUT2D eigenvalue weighted by Gasteiger charge is 2.37. The van der Waals surface area contributed by atoms with Crippen molar-refractivity contribution in [3.05, 3.63) is 82.3 Å². The number of hydrogen-bond donors (Lipinski definition) is 0. The number of rotatable bonds is 6. The number of hydrogen-bond acceptors (Lipinski definition) is 5. The van der Waals surface area contributed by atoms with Crippen LogP contribution in [0, 0.1) is 36.8 Å². The lowest BCUT2D eigenvalue weighted by Gasteiger charge is -2.37. The Morgan fingerprint density at radius 2 is 1.70 bits per heavy atom. The van der Waals surface area contributed by atoms with Gasteiger partial charge in [-0.25, -0.2) is 13.6 Å². The van der Waals surface area contributed by atoms with E-state index in [2.05, 4.69) is 16.2 Å². The molecule has 2 amide bonds. The summed E-state index contributed by atoms with van der Waals surface area (Å²) in [4.78, 5) is 21.3. The van der Waals surface area contributed by atoms with E-state index in [1.54, 1.807) is 35.1 Å². The molecule has 46 heavy (non-hydrogen) atoms. The molecule has 0 radical (unpaired) electrons. The van der Waals surface area contributed by atoms with Gasteiger partial charge in [0.1, 0.15) is 5.69 Å². The Balaban J connectivity index is 0.00000116. The summed E-state index contributed by atoms with van der Waals surface area (Å²) in [5.74, 6) is -1.98. The zero-order chi connectivity index (χ0) is 34.7. The molecular weight excluding hydrogens is 586 g/mol. The third-order valence-electron chi connectivity index (χ3n) is 7.05. The van der Waals surface area contributed by atoms with Gasteiger partial charge in [-0.15, -0.1) is 0 Å². The number of methoxy groups -OCH3 is 1. The van der Waals surface area contributed by atoms with Crippen LogP contribution in [0.1, 0.15) is 82.8 Å². The van der Waals surface area contributed by atoms with Gasteiger partial charge < -0.3 is 4.74 Å². The van der Waals surface area contributed by atoms with Crippen molar-refractivity contribution in [1.82, 2.24) is 14.8 Å². The Bertz CT molecular complexity index is 1690. The van der Waals surface area contributed by atoms with E-state index < -0.39 is 23.4 Å². The number of halogens is 2. The van der Waals surface area contributed by atoms with Crippen molar-refractivity contribution in [1.29, 1.82) is 5.26 Å². The van der Waals surface area contributed by atoms with E-state index in [0.29, 0.717) is 34.6 Å². The second kappa shape index (κ2) is 17.1. The molecule has 1 aliphatic rings. The number of carbonyl (C=O) groups excluding carboxylic acids is 1. The van der Waals surface area contributed by atoms with Gasteiger partial charge in [0.15, 0.2) is 17.4 Å². The number of fused-ring (bicyclic) bond motifs is 1. The Hall–Kier alpha value is -4.78. The van der Waals surface area contributed by atoms with Crippen LogP contribution in [0.5, 0.6) is 5.75 Å². The molecule has 10 heteroatoms. The molecule has 0 aliphatic carbocycles. The van der Waals surface area contributed by atoms with Crippen molar-refractivity contribution >= 4 is 23.1 Å². The van der Waals surface area contributed by atoms with Crippen molar-refractivity contribution in [3.63, 3.8) is 0 Å². The summed E-state index contributed by atoms with van der Waals surface area (Å²) in [7, 11) is 3.10. The first-order valence-electron chi connectivity index (χ1n) is 15.8. The van der Waals surface area contributed by atoms with Crippen LogP contribution in [-0.4, -0.2) is 27.9 Å². The first-order valence-corrected chi connectivity index (χ1v) is 15.8. The lowest BCUT2D eigenvalue weighted by atomic mass is 10.0. The van der Waals surface area contributed by atoms with Gasteiger partial charge in [-0.05, 0) is 61.7 Å². The van der Waals surface area contributed by atoms with Gasteiger partial charge in [0.2, 0.25) is 0 Å². The number of aryl methyl sites for hydroxylation is 4. The summed E-state index contributed by atoms with van der Waals surface area (Å²) in [5.41, 5.74) is 4.70. The molecule has 4 aromatic rings. The van der Waals surface area contributed by atoms with Gasteiger partial charge in [-0.1, -0.05) is 54.9 Å². The molecule has 3 heterocycles. The topological polar surface area (TPSA) is 87.3 Å². The average molecular weight is 633 g/mol. The fourth-order valence-corrected chi connectivity index (χ4v) is 5.10. The van der Waals surface area contributed by atoms with Crippen molar-refractivity contribution in [2.75, 3.05) is 16.9 Å². The first kappa shape index (κ1) is 37.4. The molecule has 0 saturated carbocycles. The fraction of sp³-hybridized carbons (Fsp3) is 0.389. The van der Waals surface area contributed by atoms with E-state index >= 15 is 8.78 Å². The maximum atomic E-state index is 15.5.